The van der Waals surface area contributed by atoms with Gasteiger partial charge in [-0.05, 0) is 74.2 Å². The molecule has 43 heavy (non-hydrogen) atoms. The van der Waals surface area contributed by atoms with Crippen LogP contribution in [0.25, 0.3) is 0 Å². The first-order valence-corrected chi connectivity index (χ1v) is 18.3. The Morgan fingerprint density at radius 1 is 0.744 bits per heavy atom. The normalized spacial score (nSPS) is 14.2. The van der Waals surface area contributed by atoms with Gasteiger partial charge in [-0.15, -0.1) is 0 Å². The van der Waals surface area contributed by atoms with Gasteiger partial charge >= 0.3 is 6.09 Å². The summed E-state index contributed by atoms with van der Waals surface area (Å²) < 4.78 is 12.3. The highest BCUT2D eigenvalue weighted by atomic mass is 32.1. The Balaban J connectivity index is 1.90. The van der Waals surface area contributed by atoms with Crippen molar-refractivity contribution in [3.8, 4) is 0 Å². The minimum absolute atomic E-state index is 0.0538. The summed E-state index contributed by atoms with van der Waals surface area (Å²) in [7, 11) is -1.99. The molecule has 3 aromatic rings. The van der Waals surface area contributed by atoms with E-state index in [9.17, 15) is 4.79 Å². The maximum atomic E-state index is 13.1. The second-order valence-corrected chi connectivity index (χ2v) is 18.7. The van der Waals surface area contributed by atoms with E-state index in [-0.39, 0.29) is 17.1 Å². The molecular formula is C35H49N3O3SSi. The summed E-state index contributed by atoms with van der Waals surface area (Å²) in [5.41, 5.74) is 2.48. The first kappa shape index (κ1) is 34.3. The number of carbonyl (C=O) groups excluding carboxylic acids is 1. The number of amides is 1. The highest BCUT2D eigenvalue weighted by molar-refractivity contribution is 7.80. The van der Waals surface area contributed by atoms with Crippen molar-refractivity contribution in [2.75, 3.05) is 6.61 Å². The number of alkyl carbamates (subject to hydrolysis) is 1. The molecule has 0 aliphatic carbocycles. The maximum Gasteiger partial charge on any atom is 0.408 e. The third-order valence-corrected chi connectivity index (χ3v) is 12.5. The lowest BCUT2D eigenvalue weighted by molar-refractivity contribution is 0.0493. The number of benzene rings is 3. The molecule has 0 radical (unpaired) electrons. The SMILES string of the molecule is CC(C)(C)OC(=O)N[C@@H](c1ccccc1)[C@@H](NC(=S)N[C@H](CO[Si](C)(C)C(C)(C)C)Cc1ccccc1)c1ccccc1. The lowest BCUT2D eigenvalue weighted by atomic mass is 9.93. The van der Waals surface area contributed by atoms with Crippen molar-refractivity contribution in [3.63, 3.8) is 0 Å². The van der Waals surface area contributed by atoms with Gasteiger partial charge in [0.1, 0.15) is 5.60 Å². The van der Waals surface area contributed by atoms with Crippen molar-refractivity contribution in [2.24, 2.45) is 0 Å². The van der Waals surface area contributed by atoms with E-state index in [1.54, 1.807) is 0 Å². The number of rotatable bonds is 11. The standard InChI is InChI=1S/C35H49N3O3SSi/c1-34(2,3)41-33(39)38-31(28-22-16-11-17-23-28)30(27-20-14-10-15-21-27)37-32(42)36-29(24-26-18-12-9-13-19-26)25-40-43(7,8)35(4,5)6/h9-23,29-31H,24-25H2,1-8H3,(H,38,39)(H2,36,37,42)/t29-,30-,31-/m0/s1. The van der Waals surface area contributed by atoms with E-state index in [0.29, 0.717) is 11.7 Å². The van der Waals surface area contributed by atoms with Crippen LogP contribution in [0.2, 0.25) is 18.1 Å². The van der Waals surface area contributed by atoms with Gasteiger partial charge in [0.2, 0.25) is 0 Å². The van der Waals surface area contributed by atoms with Gasteiger partial charge in [-0.2, -0.15) is 0 Å². The number of hydrogen-bond acceptors (Lipinski definition) is 4. The van der Waals surface area contributed by atoms with Crippen molar-refractivity contribution in [1.29, 1.82) is 0 Å². The van der Waals surface area contributed by atoms with E-state index in [2.05, 4.69) is 74.1 Å². The van der Waals surface area contributed by atoms with Crippen LogP contribution in [0.3, 0.4) is 0 Å². The van der Waals surface area contributed by atoms with E-state index in [1.807, 2.05) is 87.5 Å². The summed E-state index contributed by atoms with van der Waals surface area (Å²) in [6, 6.07) is 29.4. The van der Waals surface area contributed by atoms with Crippen LogP contribution in [0.1, 0.15) is 70.3 Å². The van der Waals surface area contributed by atoms with E-state index in [4.69, 9.17) is 21.4 Å². The maximum absolute atomic E-state index is 13.1. The summed E-state index contributed by atoms with van der Waals surface area (Å²) in [4.78, 5) is 13.1. The quantitative estimate of drug-likeness (QED) is 0.149. The fourth-order valence-electron chi connectivity index (χ4n) is 4.42. The van der Waals surface area contributed by atoms with Crippen LogP contribution in [0.4, 0.5) is 4.79 Å². The lowest BCUT2D eigenvalue weighted by Gasteiger charge is -2.38. The topological polar surface area (TPSA) is 71.6 Å². The third kappa shape index (κ3) is 11.1. The predicted molar refractivity (Wildman–Crippen MR) is 184 cm³/mol. The Morgan fingerprint density at radius 2 is 1.21 bits per heavy atom. The van der Waals surface area contributed by atoms with Gasteiger partial charge < -0.3 is 25.1 Å². The average molecular weight is 620 g/mol. The van der Waals surface area contributed by atoms with Crippen LogP contribution in [-0.4, -0.2) is 37.8 Å². The molecule has 0 heterocycles. The molecule has 8 heteroatoms. The zero-order valence-corrected chi connectivity index (χ0v) is 28.8. The Kier molecular flexibility index (Phi) is 12.0. The number of nitrogens with one attached hydrogen (secondary N) is 3. The van der Waals surface area contributed by atoms with E-state index < -0.39 is 26.1 Å². The van der Waals surface area contributed by atoms with Crippen LogP contribution >= 0.6 is 12.2 Å². The molecule has 232 valence electrons. The molecule has 0 saturated heterocycles. The van der Waals surface area contributed by atoms with E-state index in [1.165, 1.54) is 5.56 Å². The van der Waals surface area contributed by atoms with Gasteiger partial charge in [0, 0.05) is 0 Å². The molecule has 3 atom stereocenters. The van der Waals surface area contributed by atoms with E-state index in [0.717, 1.165) is 17.5 Å². The first-order chi connectivity index (χ1) is 20.1. The van der Waals surface area contributed by atoms with Crippen molar-refractivity contribution in [3.05, 3.63) is 108 Å². The summed E-state index contributed by atoms with van der Waals surface area (Å²) >= 11 is 5.96. The molecule has 0 spiro atoms. The van der Waals surface area contributed by atoms with Gasteiger partial charge in [-0.25, -0.2) is 4.79 Å². The molecule has 3 aromatic carbocycles. The summed E-state index contributed by atoms with van der Waals surface area (Å²) in [6.07, 6.45) is 0.263. The second-order valence-electron chi connectivity index (χ2n) is 13.5. The minimum Gasteiger partial charge on any atom is -0.444 e. The fraction of sp³-hybridized carbons (Fsp3) is 0.429. The number of hydrogen-bond donors (Lipinski definition) is 3. The van der Waals surface area contributed by atoms with Crippen LogP contribution < -0.4 is 16.0 Å². The molecule has 0 aromatic heterocycles. The molecular weight excluding hydrogens is 571 g/mol. The molecule has 0 aliphatic heterocycles. The molecule has 0 saturated carbocycles. The number of ether oxygens (including phenoxy) is 1. The van der Waals surface area contributed by atoms with E-state index >= 15 is 0 Å². The minimum atomic E-state index is -1.99. The van der Waals surface area contributed by atoms with Crippen molar-refractivity contribution < 1.29 is 14.0 Å². The Bertz CT molecular complexity index is 1290. The average Bonchev–Trinajstić information content (AvgIpc) is 2.93. The molecule has 1 amide bonds. The predicted octanol–water partition coefficient (Wildman–Crippen LogP) is 8.09. The zero-order chi connectivity index (χ0) is 31.7. The lowest BCUT2D eigenvalue weighted by Crippen LogP contribution is -2.51. The van der Waals surface area contributed by atoms with Gasteiger partial charge in [0.25, 0.3) is 0 Å². The Labute approximate surface area is 265 Å². The summed E-state index contributed by atoms with van der Waals surface area (Å²) in [6.45, 7) is 17.4. The summed E-state index contributed by atoms with van der Waals surface area (Å²) in [5, 5.41) is 10.8. The van der Waals surface area contributed by atoms with Crippen LogP contribution in [-0.2, 0) is 15.6 Å². The Morgan fingerprint density at radius 3 is 1.67 bits per heavy atom. The zero-order valence-electron chi connectivity index (χ0n) is 26.9. The molecule has 3 rings (SSSR count). The van der Waals surface area contributed by atoms with Crippen molar-refractivity contribution in [2.45, 2.75) is 89.8 Å². The molecule has 0 aliphatic rings. The highest BCUT2D eigenvalue weighted by Crippen LogP contribution is 2.36. The molecule has 6 nitrogen and oxygen atoms in total. The second kappa shape index (κ2) is 15.0. The number of thiocarbonyl (C=S) groups is 1. The van der Waals surface area contributed by atoms with Crippen molar-refractivity contribution in [1.82, 2.24) is 16.0 Å². The molecule has 0 fully saturated rings. The van der Waals surface area contributed by atoms with Crippen LogP contribution in [0.5, 0.6) is 0 Å². The fourth-order valence-corrected chi connectivity index (χ4v) is 5.76. The molecule has 0 bridgehead atoms. The highest BCUT2D eigenvalue weighted by Gasteiger charge is 2.38. The van der Waals surface area contributed by atoms with Gasteiger partial charge in [0.15, 0.2) is 13.4 Å². The van der Waals surface area contributed by atoms with Crippen LogP contribution in [0.15, 0.2) is 91.0 Å². The Hall–Kier alpha value is -3.20. The van der Waals surface area contributed by atoms with Gasteiger partial charge in [-0.3, -0.25) is 0 Å². The first-order valence-electron chi connectivity index (χ1n) is 15.0. The summed E-state index contributed by atoms with van der Waals surface area (Å²) in [5.74, 6) is 0. The van der Waals surface area contributed by atoms with Gasteiger partial charge in [0.05, 0.1) is 24.7 Å². The third-order valence-electron chi connectivity index (χ3n) is 7.72. The molecule has 0 unspecified atom stereocenters. The largest absolute Gasteiger partial charge is 0.444 e. The number of carbonyl (C=O) groups is 1. The monoisotopic (exact) mass is 619 g/mol. The molecule has 3 N–H and O–H groups in total. The van der Waals surface area contributed by atoms with Gasteiger partial charge in [-0.1, -0.05) is 112 Å². The van der Waals surface area contributed by atoms with Crippen LogP contribution in [0, 0.1) is 0 Å². The smallest absolute Gasteiger partial charge is 0.408 e. The van der Waals surface area contributed by atoms with Crippen molar-refractivity contribution >= 4 is 31.7 Å².